The summed E-state index contributed by atoms with van der Waals surface area (Å²) in [6.45, 7) is 6.46. The molecule has 1 heterocycles. The van der Waals surface area contributed by atoms with E-state index in [9.17, 15) is 0 Å². The van der Waals surface area contributed by atoms with Crippen LogP contribution in [0.5, 0.6) is 0 Å². The van der Waals surface area contributed by atoms with Gasteiger partial charge in [0.15, 0.2) is 0 Å². The molecule has 0 aliphatic rings. The smallest absolute Gasteiger partial charge is 0.223 e. The number of nitrogens with one attached hydrogen (secondary N) is 1. The molecule has 0 aliphatic carbocycles. The third-order valence-electron chi connectivity index (χ3n) is 2.97. The molecule has 0 spiro atoms. The van der Waals surface area contributed by atoms with Crippen molar-refractivity contribution in [1.29, 1.82) is 0 Å². The zero-order chi connectivity index (χ0) is 13.8. The number of nitrogens with zero attached hydrogens (tertiary/aromatic N) is 2. The summed E-state index contributed by atoms with van der Waals surface area (Å²) in [5.74, 6) is 1.35. The van der Waals surface area contributed by atoms with Crippen molar-refractivity contribution in [2.75, 3.05) is 12.4 Å². The topological polar surface area (TPSA) is 37.8 Å². The number of hydrogen-bond donors (Lipinski definition) is 1. The Morgan fingerprint density at radius 1 is 1.11 bits per heavy atom. The second-order valence-corrected chi connectivity index (χ2v) is 5.26. The van der Waals surface area contributed by atoms with Gasteiger partial charge in [-0.3, -0.25) is 0 Å². The SMILES string of the molecule is CNc1nc(C)cc(-c2ccc(CC(C)C)cc2)n1. The molecule has 1 N–H and O–H groups in total. The highest BCUT2D eigenvalue weighted by molar-refractivity contribution is 5.61. The minimum Gasteiger partial charge on any atom is -0.357 e. The van der Waals surface area contributed by atoms with Crippen LogP contribution in [0.15, 0.2) is 30.3 Å². The summed E-state index contributed by atoms with van der Waals surface area (Å²) in [6.07, 6.45) is 1.12. The van der Waals surface area contributed by atoms with Gasteiger partial charge < -0.3 is 5.32 Å². The fourth-order valence-corrected chi connectivity index (χ4v) is 2.11. The van der Waals surface area contributed by atoms with Gasteiger partial charge in [0.1, 0.15) is 0 Å². The lowest BCUT2D eigenvalue weighted by Gasteiger charge is -2.08. The lowest BCUT2D eigenvalue weighted by Crippen LogP contribution is -1.99. The molecule has 0 radical (unpaired) electrons. The summed E-state index contributed by atoms with van der Waals surface area (Å²) >= 11 is 0. The molecule has 0 bridgehead atoms. The van der Waals surface area contributed by atoms with Crippen LogP contribution in [0.1, 0.15) is 25.1 Å². The van der Waals surface area contributed by atoms with E-state index < -0.39 is 0 Å². The molecule has 0 unspecified atom stereocenters. The van der Waals surface area contributed by atoms with E-state index in [1.165, 1.54) is 5.56 Å². The van der Waals surface area contributed by atoms with E-state index >= 15 is 0 Å². The summed E-state index contributed by atoms with van der Waals surface area (Å²) in [5.41, 5.74) is 4.45. The van der Waals surface area contributed by atoms with Gasteiger partial charge in [-0.1, -0.05) is 38.1 Å². The van der Waals surface area contributed by atoms with Gasteiger partial charge in [0.05, 0.1) is 5.69 Å². The van der Waals surface area contributed by atoms with Gasteiger partial charge in [-0.2, -0.15) is 0 Å². The maximum absolute atomic E-state index is 4.49. The molecule has 2 aromatic rings. The Morgan fingerprint density at radius 2 is 1.79 bits per heavy atom. The molecule has 3 heteroatoms. The molecule has 0 atom stereocenters. The molecule has 1 aromatic carbocycles. The monoisotopic (exact) mass is 255 g/mol. The van der Waals surface area contributed by atoms with E-state index in [1.54, 1.807) is 0 Å². The fraction of sp³-hybridized carbons (Fsp3) is 0.375. The molecule has 0 saturated heterocycles. The molecule has 1 aromatic heterocycles. The number of aryl methyl sites for hydroxylation is 1. The summed E-state index contributed by atoms with van der Waals surface area (Å²) in [6, 6.07) is 10.7. The van der Waals surface area contributed by atoms with E-state index in [4.69, 9.17) is 0 Å². The highest BCUT2D eigenvalue weighted by atomic mass is 15.1. The van der Waals surface area contributed by atoms with Crippen LogP contribution in [-0.2, 0) is 6.42 Å². The van der Waals surface area contributed by atoms with Gasteiger partial charge in [0, 0.05) is 18.3 Å². The zero-order valence-corrected chi connectivity index (χ0v) is 12.1. The Balaban J connectivity index is 2.29. The molecule has 0 saturated carbocycles. The van der Waals surface area contributed by atoms with Crippen molar-refractivity contribution in [1.82, 2.24) is 9.97 Å². The predicted octanol–water partition coefficient (Wildman–Crippen LogP) is 3.69. The van der Waals surface area contributed by atoms with E-state index in [0.717, 1.165) is 23.4 Å². The quantitative estimate of drug-likeness (QED) is 0.905. The molecular weight excluding hydrogens is 234 g/mol. The van der Waals surface area contributed by atoms with Gasteiger partial charge in [-0.05, 0) is 30.9 Å². The summed E-state index contributed by atoms with van der Waals surface area (Å²) < 4.78 is 0. The maximum Gasteiger partial charge on any atom is 0.223 e. The minimum absolute atomic E-state index is 0.668. The summed E-state index contributed by atoms with van der Waals surface area (Å²) in [4.78, 5) is 8.80. The highest BCUT2D eigenvalue weighted by Gasteiger charge is 2.04. The lowest BCUT2D eigenvalue weighted by molar-refractivity contribution is 0.647. The average Bonchev–Trinajstić information content (AvgIpc) is 2.38. The van der Waals surface area contributed by atoms with E-state index in [1.807, 2.05) is 20.0 Å². The van der Waals surface area contributed by atoms with E-state index in [0.29, 0.717) is 11.9 Å². The van der Waals surface area contributed by atoms with Crippen LogP contribution in [0.25, 0.3) is 11.3 Å². The normalized spacial score (nSPS) is 10.8. The first kappa shape index (κ1) is 13.5. The Hall–Kier alpha value is -1.90. The second kappa shape index (κ2) is 5.83. The number of hydrogen-bond acceptors (Lipinski definition) is 3. The number of anilines is 1. The molecule has 0 fully saturated rings. The van der Waals surface area contributed by atoms with Crippen LogP contribution in [-0.4, -0.2) is 17.0 Å². The van der Waals surface area contributed by atoms with Crippen molar-refractivity contribution in [3.05, 3.63) is 41.6 Å². The number of benzene rings is 1. The zero-order valence-electron chi connectivity index (χ0n) is 12.1. The van der Waals surface area contributed by atoms with Gasteiger partial charge in [0.2, 0.25) is 5.95 Å². The number of aromatic nitrogens is 2. The molecule has 3 nitrogen and oxygen atoms in total. The van der Waals surface area contributed by atoms with Crippen LogP contribution in [0.3, 0.4) is 0 Å². The predicted molar refractivity (Wildman–Crippen MR) is 80.3 cm³/mol. The first-order valence-electron chi connectivity index (χ1n) is 6.71. The maximum atomic E-state index is 4.49. The van der Waals surface area contributed by atoms with Gasteiger partial charge in [0.25, 0.3) is 0 Å². The molecule has 2 rings (SSSR count). The average molecular weight is 255 g/mol. The van der Waals surface area contributed by atoms with Gasteiger partial charge in [-0.25, -0.2) is 9.97 Å². The molecule has 0 amide bonds. The van der Waals surface area contributed by atoms with Crippen molar-refractivity contribution in [2.45, 2.75) is 27.2 Å². The van der Waals surface area contributed by atoms with Gasteiger partial charge in [-0.15, -0.1) is 0 Å². The first-order chi connectivity index (χ1) is 9.08. The first-order valence-corrected chi connectivity index (χ1v) is 6.71. The fourth-order valence-electron chi connectivity index (χ4n) is 2.11. The minimum atomic E-state index is 0.668. The molecule has 100 valence electrons. The Kier molecular flexibility index (Phi) is 4.15. The Labute approximate surface area is 115 Å². The highest BCUT2D eigenvalue weighted by Crippen LogP contribution is 2.20. The van der Waals surface area contributed by atoms with Crippen LogP contribution < -0.4 is 5.32 Å². The van der Waals surface area contributed by atoms with Crippen LogP contribution in [0.4, 0.5) is 5.95 Å². The van der Waals surface area contributed by atoms with Crippen LogP contribution in [0.2, 0.25) is 0 Å². The molecule has 19 heavy (non-hydrogen) atoms. The van der Waals surface area contributed by atoms with Crippen molar-refractivity contribution >= 4 is 5.95 Å². The standard InChI is InChI=1S/C16H21N3/c1-11(2)9-13-5-7-14(8-6-13)15-10-12(3)18-16(17-4)19-15/h5-8,10-11H,9H2,1-4H3,(H,17,18,19). The van der Waals surface area contributed by atoms with Crippen molar-refractivity contribution in [3.63, 3.8) is 0 Å². The third-order valence-corrected chi connectivity index (χ3v) is 2.97. The molecule has 0 aliphatic heterocycles. The lowest BCUT2D eigenvalue weighted by atomic mass is 10.0. The van der Waals surface area contributed by atoms with Crippen LogP contribution in [0, 0.1) is 12.8 Å². The summed E-state index contributed by atoms with van der Waals surface area (Å²) in [5, 5.41) is 2.99. The molecular formula is C16H21N3. The second-order valence-electron chi connectivity index (χ2n) is 5.26. The van der Waals surface area contributed by atoms with Gasteiger partial charge >= 0.3 is 0 Å². The van der Waals surface area contributed by atoms with Crippen molar-refractivity contribution in [3.8, 4) is 11.3 Å². The van der Waals surface area contributed by atoms with E-state index in [-0.39, 0.29) is 0 Å². The largest absolute Gasteiger partial charge is 0.357 e. The van der Waals surface area contributed by atoms with Crippen LogP contribution >= 0.6 is 0 Å². The Bertz CT molecular complexity index is 544. The third kappa shape index (κ3) is 3.53. The van der Waals surface area contributed by atoms with E-state index in [2.05, 4.69) is 53.4 Å². The summed E-state index contributed by atoms with van der Waals surface area (Å²) in [7, 11) is 1.84. The number of rotatable bonds is 4. The van der Waals surface area contributed by atoms with Crippen molar-refractivity contribution < 1.29 is 0 Å². The van der Waals surface area contributed by atoms with Crippen molar-refractivity contribution in [2.24, 2.45) is 5.92 Å². The Morgan fingerprint density at radius 3 is 2.37 bits per heavy atom.